The van der Waals surface area contributed by atoms with Gasteiger partial charge in [0.2, 0.25) is 5.82 Å². The van der Waals surface area contributed by atoms with Gasteiger partial charge in [-0.2, -0.15) is 0 Å². The van der Waals surface area contributed by atoms with Crippen LogP contribution in [0.15, 0.2) is 30.3 Å². The van der Waals surface area contributed by atoms with Crippen molar-refractivity contribution in [2.45, 2.75) is 43.9 Å². The molecule has 7 heteroatoms. The van der Waals surface area contributed by atoms with E-state index >= 15 is 0 Å². The van der Waals surface area contributed by atoms with Gasteiger partial charge in [-0.1, -0.05) is 30.3 Å². The Morgan fingerprint density at radius 1 is 1.16 bits per heavy atom. The first-order valence-corrected chi connectivity index (χ1v) is 8.77. The van der Waals surface area contributed by atoms with Crippen LogP contribution in [0.4, 0.5) is 0 Å². The minimum atomic E-state index is -1.33. The quantitative estimate of drug-likeness (QED) is 0.839. The van der Waals surface area contributed by atoms with Gasteiger partial charge in [0, 0.05) is 25.9 Å². The molecule has 4 rings (SSSR count). The fraction of sp³-hybridized carbons (Fsp3) is 0.500. The monoisotopic (exact) mass is 342 g/mol. The molecule has 132 valence electrons. The molecule has 25 heavy (non-hydrogen) atoms. The number of carbonyl (C=O) groups excluding carboxylic acids is 1. The lowest BCUT2D eigenvalue weighted by molar-refractivity contribution is -0.118. The molecule has 3 heterocycles. The van der Waals surface area contributed by atoms with E-state index in [0.717, 1.165) is 31.6 Å². The third kappa shape index (κ3) is 2.73. The summed E-state index contributed by atoms with van der Waals surface area (Å²) in [4.78, 5) is 14.4. The van der Waals surface area contributed by atoms with E-state index in [1.165, 1.54) is 0 Å². The molecule has 1 aromatic heterocycles. The van der Waals surface area contributed by atoms with Crippen LogP contribution < -0.4 is 0 Å². The molecule has 0 spiro atoms. The number of β-amino-alcohol motifs (C(OH)–C–C–N with tert-alkyl or cyclic N) is 1. The zero-order valence-corrected chi connectivity index (χ0v) is 14.0. The van der Waals surface area contributed by atoms with Crippen molar-refractivity contribution in [3.05, 3.63) is 47.5 Å². The molecule has 2 N–H and O–H groups in total. The van der Waals surface area contributed by atoms with E-state index in [0.29, 0.717) is 17.9 Å². The minimum absolute atomic E-state index is 0.0758. The summed E-state index contributed by atoms with van der Waals surface area (Å²) < 4.78 is 1.89. The summed E-state index contributed by atoms with van der Waals surface area (Å²) in [5.74, 6) is 0.967. The average molecular weight is 342 g/mol. The Balaban J connectivity index is 1.53. The normalized spacial score (nSPS) is 26.3. The number of carbonyl (C=O) groups is 1. The van der Waals surface area contributed by atoms with Crippen LogP contribution in [0.5, 0.6) is 0 Å². The largest absolute Gasteiger partial charge is 0.388 e. The van der Waals surface area contributed by atoms with Crippen molar-refractivity contribution in [2.24, 2.45) is 0 Å². The number of nitrogens with zero attached hydrogens (tertiary/aromatic N) is 4. The second-order valence-electron chi connectivity index (χ2n) is 6.86. The van der Waals surface area contributed by atoms with Crippen molar-refractivity contribution in [1.82, 2.24) is 19.7 Å². The van der Waals surface area contributed by atoms with Gasteiger partial charge < -0.3 is 19.7 Å². The molecule has 0 radical (unpaired) electrons. The number of amides is 1. The average Bonchev–Trinajstić information content (AvgIpc) is 3.08. The number of aromatic nitrogens is 3. The van der Waals surface area contributed by atoms with Gasteiger partial charge in [-0.25, -0.2) is 0 Å². The van der Waals surface area contributed by atoms with Gasteiger partial charge in [0.1, 0.15) is 17.5 Å². The van der Waals surface area contributed by atoms with Crippen LogP contribution in [-0.4, -0.2) is 55.0 Å². The van der Waals surface area contributed by atoms with Crippen LogP contribution in [0.3, 0.4) is 0 Å². The van der Waals surface area contributed by atoms with Crippen molar-refractivity contribution < 1.29 is 15.0 Å². The number of fused-ring (bicyclic) bond motifs is 1. The van der Waals surface area contributed by atoms with Gasteiger partial charge >= 0.3 is 0 Å². The van der Waals surface area contributed by atoms with Crippen molar-refractivity contribution in [1.29, 1.82) is 0 Å². The summed E-state index contributed by atoms with van der Waals surface area (Å²) >= 11 is 0. The number of aliphatic hydroxyl groups excluding tert-OH is 1. The highest BCUT2D eigenvalue weighted by Gasteiger charge is 2.43. The lowest BCUT2D eigenvalue weighted by atomic mass is 9.82. The molecule has 2 atom stereocenters. The third-order valence-corrected chi connectivity index (χ3v) is 5.32. The number of hydrogen-bond acceptors (Lipinski definition) is 5. The summed E-state index contributed by atoms with van der Waals surface area (Å²) in [6, 6.07) is 9.14. The smallest absolute Gasteiger partial charge is 0.291 e. The minimum Gasteiger partial charge on any atom is -0.388 e. The Hall–Kier alpha value is -2.25. The number of benzene rings is 1. The van der Waals surface area contributed by atoms with E-state index in [1.54, 1.807) is 17.0 Å². The van der Waals surface area contributed by atoms with Crippen LogP contribution in [0, 0.1) is 0 Å². The van der Waals surface area contributed by atoms with Gasteiger partial charge in [0.05, 0.1) is 6.54 Å². The fourth-order valence-electron chi connectivity index (χ4n) is 3.78. The summed E-state index contributed by atoms with van der Waals surface area (Å²) in [5.41, 5.74) is -0.656. The fourth-order valence-corrected chi connectivity index (χ4v) is 3.78. The Labute approximate surface area is 145 Å². The van der Waals surface area contributed by atoms with Crippen molar-refractivity contribution in [2.75, 3.05) is 13.1 Å². The molecule has 1 fully saturated rings. The number of likely N-dealkylation sites (tertiary alicyclic amines) is 1. The van der Waals surface area contributed by atoms with Gasteiger partial charge in [0.15, 0.2) is 0 Å². The van der Waals surface area contributed by atoms with Gasteiger partial charge in [0.25, 0.3) is 5.91 Å². The van der Waals surface area contributed by atoms with E-state index in [9.17, 15) is 15.0 Å². The standard InChI is InChI=1S/C18H22N4O3/c23-14-12-21(11-9-18(14,25)13-6-2-1-3-7-13)17(24)16-20-19-15-8-4-5-10-22(15)16/h1-3,6-7,14,23,25H,4-5,8-12H2/t14-,18-/m0/s1. The van der Waals surface area contributed by atoms with Gasteiger partial charge in [-0.15, -0.1) is 10.2 Å². The highest BCUT2D eigenvalue weighted by atomic mass is 16.3. The second-order valence-corrected chi connectivity index (χ2v) is 6.86. The molecule has 0 bridgehead atoms. The van der Waals surface area contributed by atoms with Crippen LogP contribution in [-0.2, 0) is 18.6 Å². The lowest BCUT2D eigenvalue weighted by Gasteiger charge is -2.42. The molecule has 0 unspecified atom stereocenters. The lowest BCUT2D eigenvalue weighted by Crippen LogP contribution is -2.55. The number of piperidine rings is 1. The second kappa shape index (κ2) is 6.24. The van der Waals surface area contributed by atoms with Crippen molar-refractivity contribution in [3.8, 4) is 0 Å². The molecule has 7 nitrogen and oxygen atoms in total. The molecule has 0 aliphatic carbocycles. The summed E-state index contributed by atoms with van der Waals surface area (Å²) in [6.07, 6.45) is 2.17. The molecule has 1 amide bonds. The predicted molar refractivity (Wildman–Crippen MR) is 89.8 cm³/mol. The molecule has 1 aromatic carbocycles. The van der Waals surface area contributed by atoms with E-state index in [2.05, 4.69) is 10.2 Å². The molecular weight excluding hydrogens is 320 g/mol. The molecular formula is C18H22N4O3. The zero-order valence-electron chi connectivity index (χ0n) is 14.0. The van der Waals surface area contributed by atoms with Crippen molar-refractivity contribution in [3.63, 3.8) is 0 Å². The summed E-state index contributed by atoms with van der Waals surface area (Å²) in [7, 11) is 0. The highest BCUT2D eigenvalue weighted by molar-refractivity contribution is 5.91. The zero-order chi connectivity index (χ0) is 17.4. The van der Waals surface area contributed by atoms with Gasteiger partial charge in [-0.3, -0.25) is 4.79 Å². The van der Waals surface area contributed by atoms with E-state index in [4.69, 9.17) is 0 Å². The Bertz CT molecular complexity index is 776. The van der Waals surface area contributed by atoms with Crippen LogP contribution in [0.1, 0.15) is 41.3 Å². The summed E-state index contributed by atoms with van der Waals surface area (Å²) in [6.45, 7) is 1.20. The van der Waals surface area contributed by atoms with Crippen LogP contribution in [0.2, 0.25) is 0 Å². The highest BCUT2D eigenvalue weighted by Crippen LogP contribution is 2.33. The maximum absolute atomic E-state index is 12.8. The third-order valence-electron chi connectivity index (χ3n) is 5.32. The molecule has 2 aliphatic rings. The maximum Gasteiger partial charge on any atom is 0.291 e. The molecule has 1 saturated heterocycles. The Morgan fingerprint density at radius 2 is 1.96 bits per heavy atom. The number of hydrogen-bond donors (Lipinski definition) is 2. The first-order chi connectivity index (χ1) is 12.1. The van der Waals surface area contributed by atoms with Gasteiger partial charge in [-0.05, 0) is 18.4 Å². The number of aryl methyl sites for hydroxylation is 1. The van der Waals surface area contributed by atoms with Crippen LogP contribution >= 0.6 is 0 Å². The molecule has 2 aliphatic heterocycles. The van der Waals surface area contributed by atoms with Crippen LogP contribution in [0.25, 0.3) is 0 Å². The Morgan fingerprint density at radius 3 is 2.72 bits per heavy atom. The molecule has 2 aromatic rings. The summed E-state index contributed by atoms with van der Waals surface area (Å²) in [5, 5.41) is 29.7. The molecule has 0 saturated carbocycles. The predicted octanol–water partition coefficient (Wildman–Crippen LogP) is 0.709. The van der Waals surface area contributed by atoms with E-state index < -0.39 is 11.7 Å². The first-order valence-electron chi connectivity index (χ1n) is 8.77. The number of aliphatic hydroxyl groups is 2. The van der Waals surface area contributed by atoms with E-state index in [1.807, 2.05) is 22.8 Å². The topological polar surface area (TPSA) is 91.5 Å². The maximum atomic E-state index is 12.8. The van der Waals surface area contributed by atoms with E-state index in [-0.39, 0.29) is 18.9 Å². The Kier molecular flexibility index (Phi) is 4.05. The van der Waals surface area contributed by atoms with Crippen molar-refractivity contribution >= 4 is 5.91 Å². The number of rotatable bonds is 2. The first kappa shape index (κ1) is 16.2. The SMILES string of the molecule is O=C(c1nnc2n1CCCC2)N1CC[C@](O)(c2ccccc2)[C@@H](O)C1.